The van der Waals surface area contributed by atoms with Crippen molar-refractivity contribution in [3.63, 3.8) is 0 Å². The van der Waals surface area contributed by atoms with E-state index in [1.54, 1.807) is 23.1 Å². The summed E-state index contributed by atoms with van der Waals surface area (Å²) in [5, 5.41) is 24.1. The van der Waals surface area contributed by atoms with Crippen LogP contribution >= 0.6 is 0 Å². The molecule has 7 rings (SSSR count). The third kappa shape index (κ3) is 4.72. The Morgan fingerprint density at radius 2 is 2.05 bits per heavy atom. The van der Waals surface area contributed by atoms with Crippen molar-refractivity contribution in [1.29, 1.82) is 0 Å². The molecule has 10 nitrogen and oxygen atoms in total. The minimum absolute atomic E-state index is 0.0464. The van der Waals surface area contributed by atoms with Crippen molar-refractivity contribution in [2.24, 2.45) is 23.2 Å². The zero-order chi connectivity index (χ0) is 29.8. The van der Waals surface area contributed by atoms with E-state index >= 15 is 0 Å². The molecular formula is C32H42N2O8. The van der Waals surface area contributed by atoms with Crippen LogP contribution in [-0.4, -0.2) is 91.0 Å². The van der Waals surface area contributed by atoms with Gasteiger partial charge in [0.15, 0.2) is 11.5 Å². The van der Waals surface area contributed by atoms with Gasteiger partial charge in [-0.3, -0.25) is 14.4 Å². The van der Waals surface area contributed by atoms with Crippen molar-refractivity contribution < 1.29 is 38.8 Å². The number of methoxy groups -OCH3 is 1. The molecule has 1 unspecified atom stereocenters. The van der Waals surface area contributed by atoms with Gasteiger partial charge in [0.25, 0.3) is 5.91 Å². The molecule has 1 aromatic rings. The predicted molar refractivity (Wildman–Crippen MR) is 152 cm³/mol. The molecule has 4 fully saturated rings. The van der Waals surface area contributed by atoms with E-state index in [4.69, 9.17) is 14.2 Å². The van der Waals surface area contributed by atoms with E-state index in [2.05, 4.69) is 19.2 Å². The summed E-state index contributed by atoms with van der Waals surface area (Å²) < 4.78 is 17.7. The van der Waals surface area contributed by atoms with Gasteiger partial charge in [0, 0.05) is 36.4 Å². The molecule has 6 aliphatic rings. The van der Waals surface area contributed by atoms with Crippen LogP contribution < -0.4 is 14.8 Å². The lowest BCUT2D eigenvalue weighted by Crippen LogP contribution is -2.61. The Hall–Kier alpha value is -2.95. The minimum atomic E-state index is -1.16. The number of rotatable bonds is 9. The van der Waals surface area contributed by atoms with Crippen LogP contribution in [0.2, 0.25) is 0 Å². The van der Waals surface area contributed by atoms with E-state index in [1.165, 1.54) is 7.11 Å². The van der Waals surface area contributed by atoms with Crippen molar-refractivity contribution in [2.75, 3.05) is 33.4 Å². The Bertz CT molecular complexity index is 1270. The average molecular weight is 583 g/mol. The van der Waals surface area contributed by atoms with E-state index in [-0.39, 0.29) is 30.4 Å². The Labute approximate surface area is 246 Å². The number of hydrogen-bond donors (Lipinski definition) is 3. The van der Waals surface area contributed by atoms with Crippen LogP contribution in [0.25, 0.3) is 0 Å². The van der Waals surface area contributed by atoms with Gasteiger partial charge in [-0.1, -0.05) is 13.8 Å². The molecule has 228 valence electrons. The molecule has 1 saturated heterocycles. The van der Waals surface area contributed by atoms with Crippen molar-refractivity contribution >= 4 is 18.1 Å². The molecule has 42 heavy (non-hydrogen) atoms. The van der Waals surface area contributed by atoms with Crippen molar-refractivity contribution in [3.8, 4) is 11.5 Å². The highest BCUT2D eigenvalue weighted by atomic mass is 16.5. The van der Waals surface area contributed by atoms with Crippen LogP contribution in [-0.2, 0) is 14.3 Å². The van der Waals surface area contributed by atoms with Gasteiger partial charge in [0.2, 0.25) is 5.91 Å². The van der Waals surface area contributed by atoms with Gasteiger partial charge in [-0.25, -0.2) is 0 Å². The van der Waals surface area contributed by atoms with Crippen molar-refractivity contribution in [1.82, 2.24) is 10.2 Å². The Balaban J connectivity index is 1.41. The van der Waals surface area contributed by atoms with Crippen molar-refractivity contribution in [3.05, 3.63) is 34.9 Å². The molecule has 8 atom stereocenters. The van der Waals surface area contributed by atoms with Gasteiger partial charge in [-0.2, -0.15) is 0 Å². The normalized spacial score (nSPS) is 33.8. The third-order valence-corrected chi connectivity index (χ3v) is 10.7. The molecule has 0 radical (unpaired) electrons. The lowest BCUT2D eigenvalue weighted by molar-refractivity contribution is -0.154. The molecule has 2 amide bonds. The summed E-state index contributed by atoms with van der Waals surface area (Å²) in [5.41, 5.74) is 1.46. The number of fused-ring (bicyclic) bond motifs is 5. The van der Waals surface area contributed by atoms with E-state index in [0.29, 0.717) is 65.9 Å². The number of aliphatic hydroxyl groups is 2. The molecule has 2 heterocycles. The smallest absolute Gasteiger partial charge is 0.252 e. The standard InChI is InChI=1S/C32H42N2O8/c1-32(2)19-7-6-18(22(32)13-19)15-34(31(39)24-5-4-10-41-24)23-14-21(30(38)33-8-9-35)26-20-11-17(16-36)12-25(40-3)28(20)42-29(26)27(23)37/h11-12,14,16,18-19,22-24,26-27,29,35,37H,4-10,13,15H2,1-3H3,(H,33,38)/t18-,19-,22-,23+,24?,26-,27-,29-/m0/s1. The monoisotopic (exact) mass is 582 g/mol. The van der Waals surface area contributed by atoms with Gasteiger partial charge in [0.05, 0.1) is 25.7 Å². The number of nitrogens with one attached hydrogen (secondary N) is 1. The second-order valence-corrected chi connectivity index (χ2v) is 13.1. The number of hydrogen-bond acceptors (Lipinski definition) is 8. The summed E-state index contributed by atoms with van der Waals surface area (Å²) in [6, 6.07) is 2.39. The highest BCUT2D eigenvalue weighted by molar-refractivity contribution is 5.96. The summed E-state index contributed by atoms with van der Waals surface area (Å²) >= 11 is 0. The minimum Gasteiger partial charge on any atom is -0.493 e. The van der Waals surface area contributed by atoms with Crippen LogP contribution in [0.5, 0.6) is 11.5 Å². The Kier molecular flexibility index (Phi) is 7.82. The quantitative estimate of drug-likeness (QED) is 0.378. The fourth-order valence-corrected chi connectivity index (χ4v) is 8.31. The lowest BCUT2D eigenvalue weighted by Gasteiger charge is -2.61. The highest BCUT2D eigenvalue weighted by Crippen LogP contribution is 2.61. The number of carbonyl (C=O) groups excluding carboxylic acids is 3. The number of amides is 2. The first-order chi connectivity index (χ1) is 20.2. The number of aldehydes is 1. The van der Waals surface area contributed by atoms with Crippen LogP contribution in [0.15, 0.2) is 23.8 Å². The summed E-state index contributed by atoms with van der Waals surface area (Å²) in [7, 11) is 1.47. The van der Waals surface area contributed by atoms with Gasteiger partial charge in [-0.05, 0) is 73.5 Å². The molecular weight excluding hydrogens is 540 g/mol. The van der Waals surface area contributed by atoms with Gasteiger partial charge >= 0.3 is 0 Å². The molecule has 2 bridgehead atoms. The van der Waals surface area contributed by atoms with Gasteiger partial charge < -0.3 is 34.6 Å². The summed E-state index contributed by atoms with van der Waals surface area (Å²) in [5.74, 6) is 0.880. The third-order valence-electron chi connectivity index (χ3n) is 10.7. The highest BCUT2D eigenvalue weighted by Gasteiger charge is 2.56. The maximum Gasteiger partial charge on any atom is 0.252 e. The number of benzene rings is 1. The molecule has 3 N–H and O–H groups in total. The number of ether oxygens (including phenoxy) is 3. The molecule has 3 saturated carbocycles. The van der Waals surface area contributed by atoms with Crippen LogP contribution in [0.1, 0.15) is 67.8 Å². The fraction of sp³-hybridized carbons (Fsp3) is 0.656. The van der Waals surface area contributed by atoms with E-state index in [9.17, 15) is 24.6 Å². The zero-order valence-corrected chi connectivity index (χ0v) is 24.6. The van der Waals surface area contributed by atoms with Crippen molar-refractivity contribution in [2.45, 2.75) is 76.2 Å². The topological polar surface area (TPSA) is 135 Å². The second-order valence-electron chi connectivity index (χ2n) is 13.1. The van der Waals surface area contributed by atoms with Crippen LogP contribution in [0, 0.1) is 23.2 Å². The van der Waals surface area contributed by atoms with Crippen LogP contribution in [0.3, 0.4) is 0 Å². The molecule has 4 aliphatic carbocycles. The Morgan fingerprint density at radius 3 is 2.69 bits per heavy atom. The predicted octanol–water partition coefficient (Wildman–Crippen LogP) is 2.21. The molecule has 0 spiro atoms. The zero-order valence-electron chi connectivity index (χ0n) is 24.6. The average Bonchev–Trinajstić information content (AvgIpc) is 3.67. The van der Waals surface area contributed by atoms with E-state index in [0.717, 1.165) is 25.7 Å². The van der Waals surface area contributed by atoms with E-state index < -0.39 is 36.2 Å². The Morgan fingerprint density at radius 1 is 1.24 bits per heavy atom. The molecule has 10 heteroatoms. The van der Waals surface area contributed by atoms with Gasteiger partial charge in [-0.15, -0.1) is 0 Å². The second kappa shape index (κ2) is 11.3. The van der Waals surface area contributed by atoms with E-state index in [1.807, 2.05) is 0 Å². The van der Waals surface area contributed by atoms with Gasteiger partial charge in [0.1, 0.15) is 24.6 Å². The molecule has 1 aromatic carbocycles. The first-order valence-electron chi connectivity index (χ1n) is 15.2. The van der Waals surface area contributed by atoms with Crippen LogP contribution in [0.4, 0.5) is 0 Å². The molecule has 2 aliphatic heterocycles. The first-order valence-corrected chi connectivity index (χ1v) is 15.2. The maximum absolute atomic E-state index is 14.1. The maximum atomic E-state index is 14.1. The SMILES string of the molecule is COc1cc(C=O)cc2c1O[C@@H]1[C@@H](O)[C@H](N(C[C@@H]3CC[C@H]4C[C@@H]3C4(C)C)C(=O)C3CCCO3)C=C(C(=O)NCCO)[C@H]21. The lowest BCUT2D eigenvalue weighted by atomic mass is 9.45. The number of carbonyl (C=O) groups is 3. The number of aliphatic hydroxyl groups excluding tert-OH is 2. The largest absolute Gasteiger partial charge is 0.493 e. The first kappa shape index (κ1) is 29.1. The fourth-order valence-electron chi connectivity index (χ4n) is 8.31. The number of nitrogens with zero attached hydrogens (tertiary/aromatic N) is 1. The summed E-state index contributed by atoms with van der Waals surface area (Å²) in [4.78, 5) is 41.2. The summed E-state index contributed by atoms with van der Waals surface area (Å²) in [6.07, 6.45) is 4.47. The summed E-state index contributed by atoms with van der Waals surface area (Å²) in [6.45, 7) is 5.43. The molecule has 0 aromatic heterocycles.